The Hall–Kier alpha value is -1.20. The highest BCUT2D eigenvalue weighted by atomic mass is 32.1. The molecule has 0 saturated carbocycles. The normalized spacial score (nSPS) is 12.8. The van der Waals surface area contributed by atoms with Crippen molar-refractivity contribution >= 4 is 11.3 Å². The Kier molecular flexibility index (Phi) is 4.28. The maximum absolute atomic E-state index is 4.28. The van der Waals surface area contributed by atoms with Crippen molar-refractivity contribution in [1.82, 2.24) is 20.1 Å². The van der Waals surface area contributed by atoms with Gasteiger partial charge in [0, 0.05) is 17.5 Å². The minimum atomic E-state index is 0.363. The molecule has 2 aromatic rings. The van der Waals surface area contributed by atoms with Crippen molar-refractivity contribution in [1.29, 1.82) is 0 Å². The van der Waals surface area contributed by atoms with E-state index in [9.17, 15) is 0 Å². The third-order valence-electron chi connectivity index (χ3n) is 2.67. The molecular formula is C12H18N4S. The van der Waals surface area contributed by atoms with Crippen molar-refractivity contribution in [2.45, 2.75) is 39.4 Å². The number of nitrogens with zero attached hydrogens (tertiary/aromatic N) is 3. The molecule has 0 aliphatic carbocycles. The second kappa shape index (κ2) is 5.93. The first-order chi connectivity index (χ1) is 8.31. The van der Waals surface area contributed by atoms with Crippen LogP contribution in [0.3, 0.4) is 0 Å². The lowest BCUT2D eigenvalue weighted by Gasteiger charge is -2.12. The summed E-state index contributed by atoms with van der Waals surface area (Å²) in [6, 6.07) is 4.60. The van der Waals surface area contributed by atoms with Gasteiger partial charge in [0.15, 0.2) is 0 Å². The predicted molar refractivity (Wildman–Crippen MR) is 69.9 cm³/mol. The third kappa shape index (κ3) is 3.14. The van der Waals surface area contributed by atoms with Crippen LogP contribution in [0.2, 0.25) is 0 Å². The van der Waals surface area contributed by atoms with E-state index >= 15 is 0 Å². The Bertz CT molecular complexity index is 435. The van der Waals surface area contributed by atoms with Crippen LogP contribution in [0.25, 0.3) is 0 Å². The molecule has 4 nitrogen and oxygen atoms in total. The second-order valence-corrected chi connectivity index (χ2v) is 5.00. The highest BCUT2D eigenvalue weighted by Crippen LogP contribution is 2.18. The molecule has 17 heavy (non-hydrogen) atoms. The average molecular weight is 250 g/mol. The number of thiophene rings is 1. The number of hydrogen-bond acceptors (Lipinski definition) is 4. The number of hydrogen-bond donors (Lipinski definition) is 1. The minimum Gasteiger partial charge on any atom is -0.302 e. The molecule has 0 saturated heterocycles. The Labute approximate surface area is 106 Å². The molecule has 0 fully saturated rings. The summed E-state index contributed by atoms with van der Waals surface area (Å²) in [6.45, 7) is 6.02. The molecule has 0 amide bonds. The Morgan fingerprint density at radius 1 is 1.53 bits per heavy atom. The zero-order valence-corrected chi connectivity index (χ0v) is 11.1. The van der Waals surface area contributed by atoms with Gasteiger partial charge >= 0.3 is 0 Å². The molecule has 0 aliphatic heterocycles. The van der Waals surface area contributed by atoms with E-state index in [-0.39, 0.29) is 0 Å². The van der Waals surface area contributed by atoms with Crippen LogP contribution >= 0.6 is 11.3 Å². The Balaban J connectivity index is 1.91. The molecule has 2 aromatic heterocycles. The highest BCUT2D eigenvalue weighted by molar-refractivity contribution is 7.10. The van der Waals surface area contributed by atoms with Gasteiger partial charge in [-0.1, -0.05) is 13.0 Å². The van der Waals surface area contributed by atoms with Gasteiger partial charge < -0.3 is 5.32 Å². The van der Waals surface area contributed by atoms with Crippen LogP contribution in [-0.2, 0) is 13.1 Å². The molecule has 0 radical (unpaired) electrons. The summed E-state index contributed by atoms with van der Waals surface area (Å²) < 4.78 is 1.97. The van der Waals surface area contributed by atoms with Crippen molar-refractivity contribution in [2.24, 2.45) is 0 Å². The monoisotopic (exact) mass is 250 g/mol. The number of nitrogens with one attached hydrogen (secondary N) is 1. The van der Waals surface area contributed by atoms with Gasteiger partial charge in [-0.25, -0.2) is 9.67 Å². The van der Waals surface area contributed by atoms with Gasteiger partial charge in [0.2, 0.25) is 0 Å². The van der Waals surface area contributed by atoms with Gasteiger partial charge in [0.25, 0.3) is 0 Å². The van der Waals surface area contributed by atoms with Crippen molar-refractivity contribution in [3.8, 4) is 0 Å². The first-order valence-electron chi connectivity index (χ1n) is 5.94. The van der Waals surface area contributed by atoms with E-state index in [1.165, 1.54) is 4.88 Å². The summed E-state index contributed by atoms with van der Waals surface area (Å²) in [6.07, 6.45) is 2.71. The van der Waals surface area contributed by atoms with Crippen LogP contribution in [0.1, 0.15) is 37.0 Å². The molecule has 1 N–H and O–H groups in total. The molecule has 2 heterocycles. The predicted octanol–water partition coefficient (Wildman–Crippen LogP) is 2.60. The Morgan fingerprint density at radius 2 is 2.41 bits per heavy atom. The van der Waals surface area contributed by atoms with E-state index < -0.39 is 0 Å². The van der Waals surface area contributed by atoms with Crippen LogP contribution in [0.4, 0.5) is 0 Å². The van der Waals surface area contributed by atoms with Crippen LogP contribution in [0.5, 0.6) is 0 Å². The van der Waals surface area contributed by atoms with E-state index in [0.717, 1.165) is 25.3 Å². The molecular weight excluding hydrogens is 232 g/mol. The zero-order chi connectivity index (χ0) is 12.1. The van der Waals surface area contributed by atoms with Gasteiger partial charge in [0.1, 0.15) is 12.2 Å². The largest absolute Gasteiger partial charge is 0.302 e. The van der Waals surface area contributed by atoms with Crippen LogP contribution in [-0.4, -0.2) is 14.8 Å². The summed E-state index contributed by atoms with van der Waals surface area (Å²) in [5.41, 5.74) is 0. The SMILES string of the molecule is CCCn1ncnc1CN[C@H](C)c1cccs1. The van der Waals surface area contributed by atoms with E-state index in [4.69, 9.17) is 0 Å². The van der Waals surface area contributed by atoms with Crippen molar-refractivity contribution < 1.29 is 0 Å². The summed E-state index contributed by atoms with van der Waals surface area (Å²) >= 11 is 1.78. The molecule has 0 aromatic carbocycles. The summed E-state index contributed by atoms with van der Waals surface area (Å²) in [4.78, 5) is 5.63. The van der Waals surface area contributed by atoms with E-state index in [2.05, 4.69) is 46.8 Å². The van der Waals surface area contributed by atoms with Gasteiger partial charge in [-0.05, 0) is 24.8 Å². The molecule has 0 spiro atoms. The maximum atomic E-state index is 4.28. The van der Waals surface area contributed by atoms with E-state index in [0.29, 0.717) is 6.04 Å². The fourth-order valence-electron chi connectivity index (χ4n) is 1.71. The summed E-state index contributed by atoms with van der Waals surface area (Å²) in [7, 11) is 0. The molecule has 1 atom stereocenters. The fourth-order valence-corrected chi connectivity index (χ4v) is 2.47. The lowest BCUT2D eigenvalue weighted by molar-refractivity contribution is 0.512. The molecule has 5 heteroatoms. The zero-order valence-electron chi connectivity index (χ0n) is 10.3. The van der Waals surface area contributed by atoms with Gasteiger partial charge in [0.05, 0.1) is 6.54 Å². The average Bonchev–Trinajstić information content (AvgIpc) is 2.97. The second-order valence-electron chi connectivity index (χ2n) is 4.02. The van der Waals surface area contributed by atoms with Crippen molar-refractivity contribution in [3.63, 3.8) is 0 Å². The smallest absolute Gasteiger partial charge is 0.140 e. The lowest BCUT2D eigenvalue weighted by atomic mass is 10.3. The molecule has 0 unspecified atom stereocenters. The fraction of sp³-hybridized carbons (Fsp3) is 0.500. The van der Waals surface area contributed by atoms with Gasteiger partial charge in [-0.15, -0.1) is 11.3 Å². The summed E-state index contributed by atoms with van der Waals surface area (Å²) in [5.74, 6) is 1.01. The number of aryl methyl sites for hydroxylation is 1. The number of aromatic nitrogens is 3. The van der Waals surface area contributed by atoms with Crippen molar-refractivity contribution in [2.75, 3.05) is 0 Å². The molecule has 0 bridgehead atoms. The van der Waals surface area contributed by atoms with E-state index in [1.807, 2.05) is 4.68 Å². The van der Waals surface area contributed by atoms with Crippen molar-refractivity contribution in [3.05, 3.63) is 34.5 Å². The molecule has 0 aliphatic rings. The van der Waals surface area contributed by atoms with E-state index in [1.54, 1.807) is 17.7 Å². The van der Waals surface area contributed by atoms with Crippen LogP contribution in [0.15, 0.2) is 23.8 Å². The minimum absolute atomic E-state index is 0.363. The van der Waals surface area contributed by atoms with Gasteiger partial charge in [-0.2, -0.15) is 5.10 Å². The maximum Gasteiger partial charge on any atom is 0.140 e. The standard InChI is InChI=1S/C12H18N4S/c1-3-6-16-12(14-9-15-16)8-13-10(2)11-5-4-7-17-11/h4-5,7,9-10,13H,3,6,8H2,1-2H3/t10-/m1/s1. The van der Waals surface area contributed by atoms with Crippen LogP contribution < -0.4 is 5.32 Å². The first kappa shape index (κ1) is 12.3. The molecule has 2 rings (SSSR count). The summed E-state index contributed by atoms with van der Waals surface area (Å²) in [5, 5.41) is 9.79. The molecule has 92 valence electrons. The topological polar surface area (TPSA) is 42.7 Å². The Morgan fingerprint density at radius 3 is 3.12 bits per heavy atom. The van der Waals surface area contributed by atoms with Crippen LogP contribution in [0, 0.1) is 0 Å². The third-order valence-corrected chi connectivity index (χ3v) is 3.72. The number of rotatable bonds is 6. The first-order valence-corrected chi connectivity index (χ1v) is 6.82. The quantitative estimate of drug-likeness (QED) is 0.857. The highest BCUT2D eigenvalue weighted by Gasteiger charge is 2.08. The lowest BCUT2D eigenvalue weighted by Crippen LogP contribution is -2.20. The van der Waals surface area contributed by atoms with Gasteiger partial charge in [-0.3, -0.25) is 0 Å².